The summed E-state index contributed by atoms with van der Waals surface area (Å²) in [5, 5.41) is 5.00. The Balaban J connectivity index is 2.10. The largest absolute Gasteiger partial charge is 0.389 e. The van der Waals surface area contributed by atoms with Gasteiger partial charge in [-0.05, 0) is 36.9 Å². The highest BCUT2D eigenvalue weighted by Crippen LogP contribution is 2.20. The molecule has 1 aromatic heterocycles. The molecular formula is C10H14F3NS. The van der Waals surface area contributed by atoms with E-state index in [0.717, 1.165) is 0 Å². The minimum Gasteiger partial charge on any atom is -0.312 e. The lowest BCUT2D eigenvalue weighted by Crippen LogP contribution is -2.17. The van der Waals surface area contributed by atoms with Crippen LogP contribution in [0.3, 0.4) is 0 Å². The second kappa shape index (κ2) is 5.51. The maximum atomic E-state index is 11.8. The lowest BCUT2D eigenvalue weighted by molar-refractivity contribution is -0.135. The van der Waals surface area contributed by atoms with Crippen LogP contribution < -0.4 is 5.32 Å². The van der Waals surface area contributed by atoms with Gasteiger partial charge in [0, 0.05) is 17.8 Å². The number of thiophene rings is 1. The third-order valence-corrected chi connectivity index (χ3v) is 3.09. The van der Waals surface area contributed by atoms with E-state index in [9.17, 15) is 13.2 Å². The predicted octanol–water partition coefficient (Wildman–Crippen LogP) is 3.49. The first-order chi connectivity index (χ1) is 6.99. The molecule has 0 amide bonds. The highest BCUT2D eigenvalue weighted by molar-refractivity contribution is 7.10. The van der Waals surface area contributed by atoms with Crippen molar-refractivity contribution in [1.29, 1.82) is 0 Å². The third kappa shape index (κ3) is 5.18. The zero-order valence-electron chi connectivity index (χ0n) is 8.53. The fourth-order valence-corrected chi connectivity index (χ4v) is 2.08. The van der Waals surface area contributed by atoms with Crippen molar-refractivity contribution < 1.29 is 13.2 Å². The summed E-state index contributed by atoms with van der Waals surface area (Å²) in [7, 11) is 0. The highest BCUT2D eigenvalue weighted by atomic mass is 32.1. The van der Waals surface area contributed by atoms with Gasteiger partial charge >= 0.3 is 6.18 Å². The standard InChI is InChI=1S/C10H14F3NS/c1-8-3-6-15-9(8)7-14-5-2-4-10(11,12)13/h3,6,14H,2,4-5,7H2,1H3. The highest BCUT2D eigenvalue weighted by Gasteiger charge is 2.25. The van der Waals surface area contributed by atoms with Crippen molar-refractivity contribution in [2.75, 3.05) is 6.54 Å². The molecule has 0 radical (unpaired) electrons. The van der Waals surface area contributed by atoms with Crippen LogP contribution in [0.2, 0.25) is 0 Å². The van der Waals surface area contributed by atoms with Gasteiger partial charge in [0.05, 0.1) is 0 Å². The molecule has 1 N–H and O–H groups in total. The Bertz CT molecular complexity index is 293. The molecular weight excluding hydrogens is 223 g/mol. The van der Waals surface area contributed by atoms with Gasteiger partial charge < -0.3 is 5.32 Å². The first kappa shape index (κ1) is 12.5. The summed E-state index contributed by atoms with van der Waals surface area (Å²) in [6, 6.07) is 2.01. The molecule has 1 aromatic rings. The van der Waals surface area contributed by atoms with Crippen molar-refractivity contribution in [3.05, 3.63) is 21.9 Å². The summed E-state index contributed by atoms with van der Waals surface area (Å²) in [5.41, 5.74) is 1.20. The SMILES string of the molecule is Cc1ccsc1CNCCCC(F)(F)F. The molecule has 0 saturated carbocycles. The van der Waals surface area contributed by atoms with E-state index in [1.165, 1.54) is 10.4 Å². The number of halogens is 3. The van der Waals surface area contributed by atoms with Crippen LogP contribution in [-0.2, 0) is 6.54 Å². The minimum absolute atomic E-state index is 0.147. The Morgan fingerprint density at radius 2 is 2.13 bits per heavy atom. The number of hydrogen-bond acceptors (Lipinski definition) is 2. The van der Waals surface area contributed by atoms with Crippen LogP contribution in [0.4, 0.5) is 13.2 Å². The minimum atomic E-state index is -4.03. The maximum absolute atomic E-state index is 11.8. The molecule has 0 aromatic carbocycles. The molecule has 0 atom stereocenters. The molecule has 0 aliphatic rings. The van der Waals surface area contributed by atoms with Crippen molar-refractivity contribution >= 4 is 11.3 Å². The monoisotopic (exact) mass is 237 g/mol. The average molecular weight is 237 g/mol. The first-order valence-electron chi connectivity index (χ1n) is 4.79. The van der Waals surface area contributed by atoms with E-state index >= 15 is 0 Å². The van der Waals surface area contributed by atoms with Crippen molar-refractivity contribution in [1.82, 2.24) is 5.32 Å². The van der Waals surface area contributed by atoms with Gasteiger partial charge in [0.1, 0.15) is 0 Å². The molecule has 86 valence electrons. The molecule has 1 rings (SSSR count). The summed E-state index contributed by atoms with van der Waals surface area (Å²) in [6.45, 7) is 3.08. The van der Waals surface area contributed by atoms with Gasteiger partial charge in [0.15, 0.2) is 0 Å². The van der Waals surface area contributed by atoms with Crippen molar-refractivity contribution in [2.45, 2.75) is 32.5 Å². The van der Waals surface area contributed by atoms with Gasteiger partial charge in [-0.25, -0.2) is 0 Å². The van der Waals surface area contributed by atoms with Gasteiger partial charge in [-0.15, -0.1) is 11.3 Å². The molecule has 1 nitrogen and oxygen atoms in total. The quantitative estimate of drug-likeness (QED) is 0.773. The molecule has 0 bridgehead atoms. The van der Waals surface area contributed by atoms with Gasteiger partial charge in [-0.3, -0.25) is 0 Å². The maximum Gasteiger partial charge on any atom is 0.389 e. The molecule has 0 aliphatic carbocycles. The second-order valence-corrected chi connectivity index (χ2v) is 4.42. The van der Waals surface area contributed by atoms with Gasteiger partial charge in [0.25, 0.3) is 0 Å². The number of alkyl halides is 3. The fourth-order valence-electron chi connectivity index (χ4n) is 1.20. The predicted molar refractivity (Wildman–Crippen MR) is 56.1 cm³/mol. The van der Waals surface area contributed by atoms with Crippen LogP contribution in [0.5, 0.6) is 0 Å². The third-order valence-electron chi connectivity index (χ3n) is 2.07. The lowest BCUT2D eigenvalue weighted by Gasteiger charge is -2.06. The van der Waals surface area contributed by atoms with Gasteiger partial charge in [-0.2, -0.15) is 13.2 Å². The first-order valence-corrected chi connectivity index (χ1v) is 5.67. The van der Waals surface area contributed by atoms with Crippen LogP contribution in [-0.4, -0.2) is 12.7 Å². The average Bonchev–Trinajstić information content (AvgIpc) is 2.49. The van der Waals surface area contributed by atoms with E-state index in [4.69, 9.17) is 0 Å². The van der Waals surface area contributed by atoms with Gasteiger partial charge in [-0.1, -0.05) is 0 Å². The molecule has 0 spiro atoms. The molecule has 0 saturated heterocycles. The summed E-state index contributed by atoms with van der Waals surface area (Å²) < 4.78 is 35.4. The Morgan fingerprint density at radius 1 is 1.40 bits per heavy atom. The molecule has 15 heavy (non-hydrogen) atoms. The molecule has 1 heterocycles. The summed E-state index contributed by atoms with van der Waals surface area (Å²) >= 11 is 1.63. The summed E-state index contributed by atoms with van der Waals surface area (Å²) in [4.78, 5) is 1.20. The number of nitrogens with one attached hydrogen (secondary N) is 1. The van der Waals surface area contributed by atoms with Gasteiger partial charge in [0.2, 0.25) is 0 Å². The Hall–Kier alpha value is -0.550. The van der Waals surface area contributed by atoms with Crippen molar-refractivity contribution in [3.8, 4) is 0 Å². The molecule has 0 fully saturated rings. The molecule has 0 unspecified atom stereocenters. The Morgan fingerprint density at radius 3 is 2.67 bits per heavy atom. The van der Waals surface area contributed by atoms with E-state index in [-0.39, 0.29) is 6.42 Å². The van der Waals surface area contributed by atoms with Crippen LogP contribution >= 0.6 is 11.3 Å². The zero-order valence-corrected chi connectivity index (χ0v) is 9.34. The number of hydrogen-bond donors (Lipinski definition) is 1. The zero-order chi connectivity index (χ0) is 11.3. The number of aryl methyl sites for hydroxylation is 1. The Kier molecular flexibility index (Phi) is 4.60. The summed E-state index contributed by atoms with van der Waals surface area (Å²) in [5.74, 6) is 0. The van der Waals surface area contributed by atoms with E-state index in [1.54, 1.807) is 11.3 Å². The van der Waals surface area contributed by atoms with E-state index in [1.807, 2.05) is 18.4 Å². The summed E-state index contributed by atoms with van der Waals surface area (Å²) in [6.07, 6.45) is -4.59. The molecule has 0 aliphatic heterocycles. The van der Waals surface area contributed by atoms with E-state index in [0.29, 0.717) is 13.1 Å². The molecule has 5 heteroatoms. The van der Waals surface area contributed by atoms with Crippen LogP contribution in [0.1, 0.15) is 23.3 Å². The van der Waals surface area contributed by atoms with Crippen LogP contribution in [0.25, 0.3) is 0 Å². The topological polar surface area (TPSA) is 12.0 Å². The van der Waals surface area contributed by atoms with Crippen LogP contribution in [0.15, 0.2) is 11.4 Å². The van der Waals surface area contributed by atoms with E-state index in [2.05, 4.69) is 5.32 Å². The Labute approximate surface area is 91.3 Å². The second-order valence-electron chi connectivity index (χ2n) is 3.42. The fraction of sp³-hybridized carbons (Fsp3) is 0.600. The number of rotatable bonds is 5. The van der Waals surface area contributed by atoms with Crippen molar-refractivity contribution in [3.63, 3.8) is 0 Å². The normalized spacial score (nSPS) is 12.0. The van der Waals surface area contributed by atoms with Crippen LogP contribution in [0, 0.1) is 6.92 Å². The van der Waals surface area contributed by atoms with E-state index < -0.39 is 12.6 Å². The van der Waals surface area contributed by atoms with Crippen molar-refractivity contribution in [2.24, 2.45) is 0 Å². The lowest BCUT2D eigenvalue weighted by atomic mass is 10.3. The smallest absolute Gasteiger partial charge is 0.312 e.